The number of halogens is 1. The van der Waals surface area contributed by atoms with Crippen LogP contribution in [-0.2, 0) is 12.1 Å². The predicted molar refractivity (Wildman–Crippen MR) is 133 cm³/mol. The monoisotopic (exact) mass is 472 g/mol. The maximum absolute atomic E-state index is 14.0. The molecule has 35 heavy (non-hydrogen) atoms. The first-order valence-electron chi connectivity index (χ1n) is 12.1. The molecule has 1 aliphatic carbocycles. The van der Waals surface area contributed by atoms with Crippen LogP contribution in [0.2, 0.25) is 0 Å². The van der Waals surface area contributed by atoms with Crippen molar-refractivity contribution in [1.29, 1.82) is 0 Å². The Labute approximate surface area is 204 Å². The lowest BCUT2D eigenvalue weighted by Gasteiger charge is -2.43. The molecule has 2 heterocycles. The number of piperazine rings is 1. The molecule has 7 heteroatoms. The summed E-state index contributed by atoms with van der Waals surface area (Å²) in [5.74, 6) is -0.0294. The SMILES string of the molecule is CCNc1cccc(C2(N3CCN(Cc4cc(F)ccc4C)CC3)C(=O)c3ccccc3C2=O)n1. The first kappa shape index (κ1) is 23.3. The molecule has 0 atom stereocenters. The topological polar surface area (TPSA) is 65.5 Å². The molecule has 0 radical (unpaired) electrons. The standard InChI is InChI=1S/C28H29FN4O2/c1-3-30-25-10-6-9-24(31-25)28(26(34)22-7-4-5-8-23(22)27(28)35)33-15-13-32(14-16-33)18-20-17-21(29)12-11-19(20)2/h4-12,17H,3,13-16,18H2,1-2H3,(H,30,31). The summed E-state index contributed by atoms with van der Waals surface area (Å²) in [5, 5.41) is 3.20. The van der Waals surface area contributed by atoms with Crippen molar-refractivity contribution in [1.82, 2.24) is 14.8 Å². The number of nitrogens with one attached hydrogen (secondary N) is 1. The summed E-state index contributed by atoms with van der Waals surface area (Å²) >= 11 is 0. The van der Waals surface area contributed by atoms with Crippen LogP contribution in [0.4, 0.5) is 10.2 Å². The van der Waals surface area contributed by atoms with Crippen LogP contribution in [0.1, 0.15) is 44.5 Å². The molecule has 0 saturated carbocycles. The van der Waals surface area contributed by atoms with Crippen molar-refractivity contribution in [2.75, 3.05) is 38.0 Å². The highest BCUT2D eigenvalue weighted by atomic mass is 19.1. The summed E-state index contributed by atoms with van der Waals surface area (Å²) in [4.78, 5) is 36.9. The smallest absolute Gasteiger partial charge is 0.198 e. The summed E-state index contributed by atoms with van der Waals surface area (Å²) in [6.07, 6.45) is 0. The molecule has 0 spiro atoms. The zero-order valence-corrected chi connectivity index (χ0v) is 20.1. The number of hydrogen-bond donors (Lipinski definition) is 1. The Morgan fingerprint density at radius 3 is 2.29 bits per heavy atom. The van der Waals surface area contributed by atoms with Gasteiger partial charge >= 0.3 is 0 Å². The van der Waals surface area contributed by atoms with E-state index < -0.39 is 5.54 Å². The minimum absolute atomic E-state index is 0.214. The molecular formula is C28H29FN4O2. The number of anilines is 1. The van der Waals surface area contributed by atoms with Gasteiger partial charge in [-0.1, -0.05) is 36.4 Å². The van der Waals surface area contributed by atoms with E-state index in [1.807, 2.05) is 30.9 Å². The second kappa shape index (κ2) is 9.32. The molecule has 1 aliphatic heterocycles. The number of nitrogens with zero attached hydrogens (tertiary/aromatic N) is 3. The van der Waals surface area contributed by atoms with Crippen LogP contribution in [0, 0.1) is 12.7 Å². The zero-order chi connectivity index (χ0) is 24.6. The molecule has 1 fully saturated rings. The lowest BCUT2D eigenvalue weighted by molar-refractivity contribution is 0.0267. The molecule has 0 amide bonds. The van der Waals surface area contributed by atoms with Gasteiger partial charge in [0.1, 0.15) is 11.6 Å². The third kappa shape index (κ3) is 3.94. The molecule has 5 rings (SSSR count). The van der Waals surface area contributed by atoms with Crippen LogP contribution in [0.25, 0.3) is 0 Å². The maximum Gasteiger partial charge on any atom is 0.198 e. The van der Waals surface area contributed by atoms with Crippen molar-refractivity contribution in [3.63, 3.8) is 0 Å². The number of hydrogen-bond acceptors (Lipinski definition) is 6. The number of aryl methyl sites for hydroxylation is 1. The van der Waals surface area contributed by atoms with Crippen molar-refractivity contribution < 1.29 is 14.0 Å². The summed E-state index contributed by atoms with van der Waals surface area (Å²) in [7, 11) is 0. The van der Waals surface area contributed by atoms with Crippen molar-refractivity contribution in [3.05, 3.63) is 94.4 Å². The summed E-state index contributed by atoms with van der Waals surface area (Å²) < 4.78 is 13.8. The Balaban J connectivity index is 1.48. The molecule has 1 saturated heterocycles. The fourth-order valence-corrected chi connectivity index (χ4v) is 5.26. The Bertz CT molecular complexity index is 1250. The molecule has 3 aromatic rings. The molecule has 180 valence electrons. The number of Topliss-reactive ketones (excluding diaryl/α,β-unsaturated/α-hetero) is 2. The molecule has 1 N–H and O–H groups in total. The molecule has 2 aromatic carbocycles. The van der Waals surface area contributed by atoms with Gasteiger partial charge in [-0.15, -0.1) is 0 Å². The largest absolute Gasteiger partial charge is 0.370 e. The van der Waals surface area contributed by atoms with Crippen molar-refractivity contribution >= 4 is 17.4 Å². The van der Waals surface area contributed by atoms with Gasteiger partial charge in [0.25, 0.3) is 0 Å². The van der Waals surface area contributed by atoms with E-state index in [0.29, 0.717) is 61.9 Å². The van der Waals surface area contributed by atoms with Crippen LogP contribution in [0.5, 0.6) is 0 Å². The van der Waals surface area contributed by atoms with Gasteiger partial charge in [-0.2, -0.15) is 0 Å². The lowest BCUT2D eigenvalue weighted by Crippen LogP contribution is -2.60. The average Bonchev–Trinajstić information content (AvgIpc) is 3.10. The van der Waals surface area contributed by atoms with Crippen LogP contribution in [0.15, 0.2) is 60.7 Å². The van der Waals surface area contributed by atoms with E-state index in [2.05, 4.69) is 10.2 Å². The van der Waals surface area contributed by atoms with E-state index in [4.69, 9.17) is 4.98 Å². The van der Waals surface area contributed by atoms with Crippen LogP contribution < -0.4 is 5.32 Å². The third-order valence-corrected chi connectivity index (χ3v) is 7.10. The number of carbonyl (C=O) groups is 2. The summed E-state index contributed by atoms with van der Waals surface area (Å²) in [5.41, 5.74) is 1.88. The molecular weight excluding hydrogens is 443 g/mol. The highest BCUT2D eigenvalue weighted by Gasteiger charge is 2.59. The van der Waals surface area contributed by atoms with E-state index in [-0.39, 0.29) is 17.4 Å². The number of ketones is 2. The van der Waals surface area contributed by atoms with Crippen LogP contribution in [0.3, 0.4) is 0 Å². The number of pyridine rings is 1. The van der Waals surface area contributed by atoms with Gasteiger partial charge in [0.05, 0.1) is 5.69 Å². The van der Waals surface area contributed by atoms with Crippen LogP contribution in [-0.4, -0.2) is 59.1 Å². The first-order valence-corrected chi connectivity index (χ1v) is 12.1. The first-order chi connectivity index (χ1) is 16.9. The predicted octanol–water partition coefficient (Wildman–Crippen LogP) is 4.05. The van der Waals surface area contributed by atoms with Gasteiger partial charge in [0, 0.05) is 50.4 Å². The highest BCUT2D eigenvalue weighted by molar-refractivity contribution is 6.32. The molecule has 0 unspecified atom stereocenters. The Kier molecular flexibility index (Phi) is 6.21. The fourth-order valence-electron chi connectivity index (χ4n) is 5.26. The summed E-state index contributed by atoms with van der Waals surface area (Å²) in [6, 6.07) is 17.4. The Hall–Kier alpha value is -3.42. The van der Waals surface area contributed by atoms with E-state index in [9.17, 15) is 14.0 Å². The zero-order valence-electron chi connectivity index (χ0n) is 20.1. The molecule has 6 nitrogen and oxygen atoms in total. The van der Waals surface area contributed by atoms with E-state index in [0.717, 1.165) is 11.1 Å². The fraction of sp³-hybridized carbons (Fsp3) is 0.321. The van der Waals surface area contributed by atoms with Crippen LogP contribution >= 0.6 is 0 Å². The Morgan fingerprint density at radius 2 is 1.63 bits per heavy atom. The number of aromatic nitrogens is 1. The second-order valence-corrected chi connectivity index (χ2v) is 9.19. The van der Waals surface area contributed by atoms with E-state index in [1.54, 1.807) is 42.5 Å². The quantitative estimate of drug-likeness (QED) is 0.546. The number of rotatable bonds is 6. The number of carbonyl (C=O) groups excluding carboxylic acids is 2. The van der Waals surface area contributed by atoms with Crippen molar-refractivity contribution in [3.8, 4) is 0 Å². The van der Waals surface area contributed by atoms with Gasteiger partial charge in [-0.05, 0) is 49.2 Å². The molecule has 1 aromatic heterocycles. The maximum atomic E-state index is 14.0. The van der Waals surface area contributed by atoms with Gasteiger partial charge in [-0.3, -0.25) is 19.4 Å². The van der Waals surface area contributed by atoms with Crippen molar-refractivity contribution in [2.24, 2.45) is 0 Å². The van der Waals surface area contributed by atoms with Gasteiger partial charge in [0.15, 0.2) is 17.1 Å². The lowest BCUT2D eigenvalue weighted by atomic mass is 9.85. The highest BCUT2D eigenvalue weighted by Crippen LogP contribution is 2.42. The average molecular weight is 473 g/mol. The van der Waals surface area contributed by atoms with E-state index in [1.165, 1.54) is 6.07 Å². The molecule has 2 aliphatic rings. The Morgan fingerprint density at radius 1 is 0.943 bits per heavy atom. The number of benzene rings is 2. The van der Waals surface area contributed by atoms with Gasteiger partial charge < -0.3 is 5.32 Å². The van der Waals surface area contributed by atoms with E-state index >= 15 is 0 Å². The minimum Gasteiger partial charge on any atom is -0.370 e. The minimum atomic E-state index is -1.48. The van der Waals surface area contributed by atoms with Gasteiger partial charge in [0.2, 0.25) is 0 Å². The summed E-state index contributed by atoms with van der Waals surface area (Å²) in [6.45, 7) is 7.62. The van der Waals surface area contributed by atoms with Crippen molar-refractivity contribution in [2.45, 2.75) is 25.9 Å². The third-order valence-electron chi connectivity index (χ3n) is 7.10. The van der Waals surface area contributed by atoms with Gasteiger partial charge in [-0.25, -0.2) is 9.37 Å². The molecule has 0 bridgehead atoms. The number of fused-ring (bicyclic) bond motifs is 1. The normalized spacial score (nSPS) is 18.0. The second-order valence-electron chi connectivity index (χ2n) is 9.19.